The van der Waals surface area contributed by atoms with E-state index in [1.807, 2.05) is 24.3 Å². The predicted molar refractivity (Wildman–Crippen MR) is 114 cm³/mol. The molecule has 2 rings (SSSR count). The summed E-state index contributed by atoms with van der Waals surface area (Å²) in [6.07, 6.45) is 3.21. The van der Waals surface area contributed by atoms with Gasteiger partial charge in [-0.2, -0.15) is 0 Å². The highest BCUT2D eigenvalue weighted by Crippen LogP contribution is 2.21. The maximum absolute atomic E-state index is 12.6. The molecule has 0 aliphatic rings. The molecule has 0 unspecified atom stereocenters. The Hall–Kier alpha value is -2.30. The molecular formula is C24H31NO3. The van der Waals surface area contributed by atoms with Crippen molar-refractivity contribution in [3.63, 3.8) is 0 Å². The van der Waals surface area contributed by atoms with Crippen molar-refractivity contribution in [2.75, 3.05) is 19.7 Å². The molecule has 0 saturated heterocycles. The number of aliphatic hydroxyl groups is 1. The molecule has 0 fully saturated rings. The molecule has 4 nitrogen and oxygen atoms in total. The number of nitrogens with one attached hydrogen (secondary N) is 1. The summed E-state index contributed by atoms with van der Waals surface area (Å²) >= 11 is 0. The summed E-state index contributed by atoms with van der Waals surface area (Å²) in [4.78, 5) is 24.6. The largest absolute Gasteiger partial charge is 0.389 e. The lowest BCUT2D eigenvalue weighted by atomic mass is 9.93. The van der Waals surface area contributed by atoms with Gasteiger partial charge in [-0.15, -0.1) is 0 Å². The lowest BCUT2D eigenvalue weighted by Crippen LogP contribution is -2.32. The minimum Gasteiger partial charge on any atom is -0.389 e. The maximum atomic E-state index is 12.6. The smallest absolute Gasteiger partial charge is 0.163 e. The Morgan fingerprint density at radius 2 is 1.57 bits per heavy atom. The Morgan fingerprint density at radius 3 is 2.11 bits per heavy atom. The normalized spacial score (nSPS) is 12.0. The van der Waals surface area contributed by atoms with Crippen LogP contribution in [0.3, 0.4) is 0 Å². The Kier molecular flexibility index (Phi) is 9.05. The van der Waals surface area contributed by atoms with E-state index in [0.717, 1.165) is 36.9 Å². The molecule has 0 heterocycles. The van der Waals surface area contributed by atoms with E-state index in [0.29, 0.717) is 12.1 Å². The van der Waals surface area contributed by atoms with Gasteiger partial charge in [0.1, 0.15) is 6.61 Å². The third-order valence-corrected chi connectivity index (χ3v) is 5.04. The molecule has 0 aromatic heterocycles. The Bertz CT molecular complexity index is 750. The minimum absolute atomic E-state index is 0.0722. The van der Waals surface area contributed by atoms with Crippen LogP contribution in [0.2, 0.25) is 0 Å². The number of hydrogen-bond donors (Lipinski definition) is 2. The van der Waals surface area contributed by atoms with Gasteiger partial charge in [0.15, 0.2) is 11.6 Å². The van der Waals surface area contributed by atoms with Crippen LogP contribution in [0.5, 0.6) is 0 Å². The van der Waals surface area contributed by atoms with Crippen LogP contribution in [0.1, 0.15) is 49.0 Å². The van der Waals surface area contributed by atoms with Gasteiger partial charge in [0, 0.05) is 24.4 Å². The number of rotatable bonds is 12. The first-order chi connectivity index (χ1) is 13.6. The summed E-state index contributed by atoms with van der Waals surface area (Å²) in [6.45, 7) is 4.94. The first kappa shape index (κ1) is 22.0. The van der Waals surface area contributed by atoms with E-state index in [1.165, 1.54) is 5.56 Å². The SMILES string of the molecule is CCCCNC[C@H](CC(=O)c1ccc(-c2ccc(CC)cc2)cc1)C(=O)CO. The summed E-state index contributed by atoms with van der Waals surface area (Å²) < 4.78 is 0. The van der Waals surface area contributed by atoms with Crippen LogP contribution < -0.4 is 5.32 Å². The van der Waals surface area contributed by atoms with E-state index >= 15 is 0 Å². The van der Waals surface area contributed by atoms with Gasteiger partial charge < -0.3 is 10.4 Å². The van der Waals surface area contributed by atoms with Crippen LogP contribution in [-0.2, 0) is 11.2 Å². The van der Waals surface area contributed by atoms with Crippen LogP contribution in [0.25, 0.3) is 11.1 Å². The van der Waals surface area contributed by atoms with E-state index in [4.69, 9.17) is 0 Å². The molecule has 28 heavy (non-hydrogen) atoms. The second-order valence-electron chi connectivity index (χ2n) is 7.13. The molecule has 150 valence electrons. The molecule has 2 N–H and O–H groups in total. The Balaban J connectivity index is 2.02. The van der Waals surface area contributed by atoms with Gasteiger partial charge in [-0.3, -0.25) is 9.59 Å². The van der Waals surface area contributed by atoms with Crippen molar-refractivity contribution in [2.45, 2.75) is 39.5 Å². The average molecular weight is 382 g/mol. The molecule has 0 aliphatic heterocycles. The minimum atomic E-state index is -0.528. The molecule has 0 amide bonds. The highest BCUT2D eigenvalue weighted by atomic mass is 16.3. The third-order valence-electron chi connectivity index (χ3n) is 5.04. The number of hydrogen-bond acceptors (Lipinski definition) is 4. The van der Waals surface area contributed by atoms with Crippen LogP contribution in [0.15, 0.2) is 48.5 Å². The van der Waals surface area contributed by atoms with E-state index in [-0.39, 0.29) is 18.0 Å². The van der Waals surface area contributed by atoms with Gasteiger partial charge in [0.05, 0.1) is 0 Å². The molecule has 0 radical (unpaired) electrons. The summed E-state index contributed by atoms with van der Waals surface area (Å²) in [5, 5.41) is 12.4. The summed E-state index contributed by atoms with van der Waals surface area (Å²) in [6, 6.07) is 15.9. The fraction of sp³-hybridized carbons (Fsp3) is 0.417. The average Bonchev–Trinajstić information content (AvgIpc) is 2.75. The Labute approximate surface area is 168 Å². The number of carbonyl (C=O) groups excluding carboxylic acids is 2. The zero-order valence-corrected chi connectivity index (χ0v) is 16.9. The highest BCUT2D eigenvalue weighted by Gasteiger charge is 2.21. The number of ketones is 2. The number of benzene rings is 2. The second kappa shape index (κ2) is 11.5. The number of carbonyl (C=O) groups is 2. The molecular weight excluding hydrogens is 350 g/mol. The van der Waals surface area contributed by atoms with Crippen molar-refractivity contribution < 1.29 is 14.7 Å². The zero-order chi connectivity index (χ0) is 20.4. The van der Waals surface area contributed by atoms with E-state index in [1.54, 1.807) is 0 Å². The van der Waals surface area contributed by atoms with Gasteiger partial charge in [-0.05, 0) is 36.1 Å². The zero-order valence-electron chi connectivity index (χ0n) is 16.9. The highest BCUT2D eigenvalue weighted by molar-refractivity contribution is 5.99. The molecule has 2 aromatic rings. The van der Waals surface area contributed by atoms with Gasteiger partial charge in [-0.1, -0.05) is 68.8 Å². The van der Waals surface area contributed by atoms with Gasteiger partial charge in [-0.25, -0.2) is 0 Å². The first-order valence-corrected chi connectivity index (χ1v) is 10.2. The van der Waals surface area contributed by atoms with Crippen LogP contribution >= 0.6 is 0 Å². The summed E-state index contributed by atoms with van der Waals surface area (Å²) in [5.74, 6) is -0.849. The molecule has 4 heteroatoms. The predicted octanol–water partition coefficient (Wildman–Crippen LogP) is 4.06. The van der Waals surface area contributed by atoms with Crippen molar-refractivity contribution >= 4 is 11.6 Å². The topological polar surface area (TPSA) is 66.4 Å². The molecule has 0 aliphatic carbocycles. The molecule has 2 aromatic carbocycles. The fourth-order valence-corrected chi connectivity index (χ4v) is 3.13. The van der Waals surface area contributed by atoms with E-state index < -0.39 is 12.5 Å². The van der Waals surface area contributed by atoms with Crippen LogP contribution in [-0.4, -0.2) is 36.4 Å². The van der Waals surface area contributed by atoms with Crippen molar-refractivity contribution in [3.8, 4) is 11.1 Å². The number of aliphatic hydroxyl groups excluding tert-OH is 1. The monoisotopic (exact) mass is 381 g/mol. The number of Topliss-reactive ketones (excluding diaryl/α,β-unsaturated/α-hetero) is 2. The molecule has 1 atom stereocenters. The van der Waals surface area contributed by atoms with Crippen LogP contribution in [0, 0.1) is 5.92 Å². The lowest BCUT2D eigenvalue weighted by Gasteiger charge is -2.15. The third kappa shape index (κ3) is 6.39. The lowest BCUT2D eigenvalue weighted by molar-refractivity contribution is -0.125. The molecule has 0 spiro atoms. The van der Waals surface area contributed by atoms with Gasteiger partial charge in [0.25, 0.3) is 0 Å². The second-order valence-corrected chi connectivity index (χ2v) is 7.13. The maximum Gasteiger partial charge on any atom is 0.163 e. The van der Waals surface area contributed by atoms with Crippen molar-refractivity contribution in [1.82, 2.24) is 5.32 Å². The van der Waals surface area contributed by atoms with E-state index in [9.17, 15) is 14.7 Å². The first-order valence-electron chi connectivity index (χ1n) is 10.2. The number of aryl methyl sites for hydroxylation is 1. The summed E-state index contributed by atoms with van der Waals surface area (Å²) in [7, 11) is 0. The molecule has 0 saturated carbocycles. The standard InChI is InChI=1S/C24H31NO3/c1-3-5-14-25-16-22(24(28)17-26)15-23(27)21-12-10-20(11-13-21)19-8-6-18(4-2)7-9-19/h6-13,22,25-26H,3-5,14-17H2,1-2H3/t22-/m0/s1. The number of unbranched alkanes of at least 4 members (excludes halogenated alkanes) is 1. The van der Waals surface area contributed by atoms with Crippen molar-refractivity contribution in [3.05, 3.63) is 59.7 Å². The quantitative estimate of drug-likeness (QED) is 0.430. The molecule has 0 bridgehead atoms. The van der Waals surface area contributed by atoms with Gasteiger partial charge >= 0.3 is 0 Å². The van der Waals surface area contributed by atoms with Gasteiger partial charge in [0.2, 0.25) is 0 Å². The van der Waals surface area contributed by atoms with E-state index in [2.05, 4.69) is 43.4 Å². The van der Waals surface area contributed by atoms with Crippen molar-refractivity contribution in [2.24, 2.45) is 5.92 Å². The van der Waals surface area contributed by atoms with Crippen molar-refractivity contribution in [1.29, 1.82) is 0 Å². The fourth-order valence-electron chi connectivity index (χ4n) is 3.13. The Morgan fingerprint density at radius 1 is 0.964 bits per heavy atom. The van der Waals surface area contributed by atoms with Crippen LogP contribution in [0.4, 0.5) is 0 Å². The summed E-state index contributed by atoms with van der Waals surface area (Å²) in [5.41, 5.74) is 4.06.